The number of ether oxygens (including phenoxy) is 1. The zero-order chi connectivity index (χ0) is 17.1. The van der Waals surface area contributed by atoms with Crippen LogP contribution in [0.15, 0.2) is 54.6 Å². The Labute approximate surface area is 148 Å². The van der Waals surface area contributed by atoms with Crippen molar-refractivity contribution in [1.29, 1.82) is 0 Å². The summed E-state index contributed by atoms with van der Waals surface area (Å²) in [6, 6.07) is 18.1. The van der Waals surface area contributed by atoms with E-state index in [1.54, 1.807) is 0 Å². The third kappa shape index (κ3) is 3.69. The molecule has 4 heteroatoms. The zero-order valence-corrected chi connectivity index (χ0v) is 14.4. The van der Waals surface area contributed by atoms with Gasteiger partial charge in [0.2, 0.25) is 0 Å². The van der Waals surface area contributed by atoms with Gasteiger partial charge in [-0.1, -0.05) is 42.5 Å². The molecule has 4 rings (SSSR count). The fourth-order valence-electron chi connectivity index (χ4n) is 3.89. The van der Waals surface area contributed by atoms with Crippen LogP contribution in [0.3, 0.4) is 0 Å². The van der Waals surface area contributed by atoms with Crippen molar-refractivity contribution in [1.82, 2.24) is 10.2 Å². The molecule has 130 valence electrons. The molecule has 0 unspecified atom stereocenters. The number of hydrogen-bond acceptors (Lipinski definition) is 3. The van der Waals surface area contributed by atoms with Gasteiger partial charge in [0.1, 0.15) is 11.9 Å². The molecule has 4 nitrogen and oxygen atoms in total. The first-order valence-electron chi connectivity index (χ1n) is 9.10. The van der Waals surface area contributed by atoms with Crippen molar-refractivity contribution in [2.24, 2.45) is 5.92 Å². The monoisotopic (exact) mass is 336 g/mol. The second-order valence-electron chi connectivity index (χ2n) is 6.99. The van der Waals surface area contributed by atoms with Crippen LogP contribution in [0.4, 0.5) is 0 Å². The third-order valence-corrected chi connectivity index (χ3v) is 5.19. The molecule has 1 fully saturated rings. The highest BCUT2D eigenvalue weighted by atomic mass is 16.5. The molecule has 1 amide bonds. The first-order chi connectivity index (χ1) is 12.3. The van der Waals surface area contributed by atoms with Crippen LogP contribution in [0.2, 0.25) is 0 Å². The molecule has 2 aromatic carbocycles. The fourth-order valence-corrected chi connectivity index (χ4v) is 3.89. The van der Waals surface area contributed by atoms with Crippen LogP contribution < -0.4 is 10.1 Å². The minimum absolute atomic E-state index is 0.0324. The average molecular weight is 336 g/mol. The van der Waals surface area contributed by atoms with Crippen molar-refractivity contribution in [2.45, 2.75) is 25.5 Å². The first-order valence-corrected chi connectivity index (χ1v) is 9.10. The van der Waals surface area contributed by atoms with Gasteiger partial charge < -0.3 is 10.1 Å². The number of carbonyl (C=O) groups is 1. The van der Waals surface area contributed by atoms with Crippen molar-refractivity contribution in [3.63, 3.8) is 0 Å². The number of benzene rings is 2. The second-order valence-corrected chi connectivity index (χ2v) is 6.99. The Balaban J connectivity index is 1.45. The van der Waals surface area contributed by atoms with E-state index in [4.69, 9.17) is 4.74 Å². The number of fused-ring (bicyclic) bond motifs is 1. The molecule has 2 aromatic rings. The Bertz CT molecular complexity index is 732. The van der Waals surface area contributed by atoms with E-state index in [0.29, 0.717) is 23.8 Å². The number of para-hydroxylation sites is 1. The van der Waals surface area contributed by atoms with E-state index < -0.39 is 0 Å². The van der Waals surface area contributed by atoms with Gasteiger partial charge in [0.15, 0.2) is 0 Å². The summed E-state index contributed by atoms with van der Waals surface area (Å²) >= 11 is 0. The molecule has 0 saturated carbocycles. The molecule has 25 heavy (non-hydrogen) atoms. The highest BCUT2D eigenvalue weighted by Crippen LogP contribution is 2.28. The number of carbonyl (C=O) groups excluding carboxylic acids is 1. The molecule has 0 bridgehead atoms. The highest BCUT2D eigenvalue weighted by molar-refractivity contribution is 5.97. The van der Waals surface area contributed by atoms with Gasteiger partial charge in [0.25, 0.3) is 5.91 Å². The van der Waals surface area contributed by atoms with Crippen LogP contribution in [0.1, 0.15) is 28.8 Å². The maximum Gasteiger partial charge on any atom is 0.255 e. The van der Waals surface area contributed by atoms with Crippen molar-refractivity contribution < 1.29 is 9.53 Å². The van der Waals surface area contributed by atoms with Crippen LogP contribution in [-0.2, 0) is 6.54 Å². The lowest BCUT2D eigenvalue weighted by Crippen LogP contribution is -2.45. The number of nitrogens with zero attached hydrogens (tertiary/aromatic N) is 1. The van der Waals surface area contributed by atoms with Crippen LogP contribution in [0.25, 0.3) is 0 Å². The zero-order valence-electron chi connectivity index (χ0n) is 14.4. The molecule has 2 aliphatic rings. The number of hydrogen-bond donors (Lipinski definition) is 1. The predicted octanol–water partition coefficient (Wildman–Crippen LogP) is 3.09. The fraction of sp³-hybridized carbons (Fsp3) is 0.381. The number of amides is 1. The van der Waals surface area contributed by atoms with Gasteiger partial charge in [0.05, 0.1) is 12.1 Å². The Morgan fingerprint density at radius 3 is 2.76 bits per heavy atom. The summed E-state index contributed by atoms with van der Waals surface area (Å²) in [5, 5.41) is 3.03. The van der Waals surface area contributed by atoms with Gasteiger partial charge in [-0.2, -0.15) is 0 Å². The number of rotatable bonds is 3. The molecule has 2 aliphatic heterocycles. The van der Waals surface area contributed by atoms with Gasteiger partial charge in [-0.15, -0.1) is 0 Å². The Hall–Kier alpha value is -2.33. The van der Waals surface area contributed by atoms with Crippen LogP contribution >= 0.6 is 0 Å². The summed E-state index contributed by atoms with van der Waals surface area (Å²) in [6.07, 6.45) is 2.35. The smallest absolute Gasteiger partial charge is 0.255 e. The van der Waals surface area contributed by atoms with Crippen molar-refractivity contribution in [2.75, 3.05) is 19.6 Å². The summed E-state index contributed by atoms with van der Waals surface area (Å²) in [5.74, 6) is 1.11. The molecule has 0 spiro atoms. The van der Waals surface area contributed by atoms with E-state index in [0.717, 1.165) is 26.1 Å². The number of piperidine rings is 1. The van der Waals surface area contributed by atoms with Crippen LogP contribution in [0, 0.1) is 5.92 Å². The summed E-state index contributed by atoms with van der Waals surface area (Å²) < 4.78 is 6.26. The van der Waals surface area contributed by atoms with Gasteiger partial charge in [0, 0.05) is 19.0 Å². The molecule has 0 aliphatic carbocycles. The van der Waals surface area contributed by atoms with Gasteiger partial charge in [-0.05, 0) is 37.1 Å². The van der Waals surface area contributed by atoms with E-state index in [9.17, 15) is 4.79 Å². The van der Waals surface area contributed by atoms with Crippen LogP contribution in [0.5, 0.6) is 5.75 Å². The normalized spacial score (nSPS) is 23.9. The highest BCUT2D eigenvalue weighted by Gasteiger charge is 2.32. The quantitative estimate of drug-likeness (QED) is 0.936. The molecule has 0 radical (unpaired) electrons. The second kappa shape index (κ2) is 7.28. The topological polar surface area (TPSA) is 41.6 Å². The van der Waals surface area contributed by atoms with Crippen molar-refractivity contribution in [3.05, 3.63) is 65.7 Å². The Kier molecular flexibility index (Phi) is 4.70. The molecular formula is C21H24N2O2. The number of likely N-dealkylation sites (tertiary alicyclic amines) is 1. The van der Waals surface area contributed by atoms with E-state index in [2.05, 4.69) is 40.5 Å². The Morgan fingerprint density at radius 2 is 1.88 bits per heavy atom. The van der Waals surface area contributed by atoms with Gasteiger partial charge in [-0.3, -0.25) is 9.69 Å². The minimum atomic E-state index is -0.0324. The molecule has 1 N–H and O–H groups in total. The molecule has 0 aromatic heterocycles. The minimum Gasteiger partial charge on any atom is -0.487 e. The molecule has 1 saturated heterocycles. The van der Waals surface area contributed by atoms with E-state index in [1.807, 2.05) is 24.3 Å². The van der Waals surface area contributed by atoms with Crippen molar-refractivity contribution >= 4 is 5.91 Å². The third-order valence-electron chi connectivity index (χ3n) is 5.19. The predicted molar refractivity (Wildman–Crippen MR) is 97.6 cm³/mol. The van der Waals surface area contributed by atoms with E-state index in [1.165, 1.54) is 12.0 Å². The summed E-state index contributed by atoms with van der Waals surface area (Å²) in [4.78, 5) is 14.7. The lowest BCUT2D eigenvalue weighted by molar-refractivity contribution is 0.0660. The lowest BCUT2D eigenvalue weighted by atomic mass is 9.92. The van der Waals surface area contributed by atoms with E-state index in [-0.39, 0.29) is 12.0 Å². The summed E-state index contributed by atoms with van der Waals surface area (Å²) in [5.41, 5.74) is 1.99. The van der Waals surface area contributed by atoms with Crippen molar-refractivity contribution in [3.8, 4) is 5.75 Å². The van der Waals surface area contributed by atoms with Crippen LogP contribution in [-0.4, -0.2) is 36.5 Å². The van der Waals surface area contributed by atoms with E-state index >= 15 is 0 Å². The molecule has 2 heterocycles. The summed E-state index contributed by atoms with van der Waals surface area (Å²) in [7, 11) is 0. The SMILES string of the molecule is O=C1NC[C@@H]([C@H]2CCCN(Cc3ccccc3)C2)Oc2ccccc21. The van der Waals surface area contributed by atoms with Gasteiger partial charge >= 0.3 is 0 Å². The maximum atomic E-state index is 12.2. The molecule has 2 atom stereocenters. The Morgan fingerprint density at radius 1 is 1.08 bits per heavy atom. The first kappa shape index (κ1) is 16.2. The summed E-state index contributed by atoms with van der Waals surface area (Å²) in [6.45, 7) is 3.70. The lowest BCUT2D eigenvalue weighted by Gasteiger charge is -2.36. The van der Waals surface area contributed by atoms with Gasteiger partial charge in [-0.25, -0.2) is 0 Å². The standard InChI is InChI=1S/C21H24N2O2/c24-21-18-10-4-5-11-19(18)25-20(13-22-21)17-9-6-12-23(15-17)14-16-7-2-1-3-8-16/h1-5,7-8,10-11,17,20H,6,9,12-15H2,(H,22,24)/t17-,20-/m0/s1. The maximum absolute atomic E-state index is 12.2. The number of nitrogens with one attached hydrogen (secondary N) is 1. The average Bonchev–Trinajstić information content (AvgIpc) is 2.82. The molecular weight excluding hydrogens is 312 g/mol. The largest absolute Gasteiger partial charge is 0.487 e.